The summed E-state index contributed by atoms with van der Waals surface area (Å²) in [6, 6.07) is 0. The molecule has 82 valence electrons. The van der Waals surface area contributed by atoms with Gasteiger partial charge in [-0.25, -0.2) is 0 Å². The van der Waals surface area contributed by atoms with E-state index in [9.17, 15) is 9.59 Å². The monoisotopic (exact) mass is 433 g/mol. The second kappa shape index (κ2) is 14.0. The number of nitrogens with zero attached hydrogens (tertiary/aromatic N) is 1. The summed E-state index contributed by atoms with van der Waals surface area (Å²) in [6.45, 7) is 5.86. The van der Waals surface area contributed by atoms with Crippen LogP contribution in [0.1, 0.15) is 26.7 Å². The van der Waals surface area contributed by atoms with Crippen molar-refractivity contribution in [2.75, 3.05) is 7.05 Å². The van der Waals surface area contributed by atoms with E-state index in [1.165, 1.54) is 38.9 Å². The molecule has 3 nitrogen and oxygen atoms in total. The first-order chi connectivity index (χ1) is 6.63. The molecule has 0 aromatic carbocycles. The molecule has 1 heterocycles. The molecule has 1 aliphatic rings. The zero-order valence-electron chi connectivity index (χ0n) is 9.91. The first-order valence-corrected chi connectivity index (χ1v) is 4.70. The number of carbonyl (C=O) groups is 2. The minimum Gasteiger partial charge on any atom is -0.279 e. The number of hydrogen-bond acceptors (Lipinski definition) is 2. The minimum atomic E-state index is -0.241. The number of likely N-dealkylation sites (N-methyl/N-ethyl adjacent to an activating group) is 1. The van der Waals surface area contributed by atoms with E-state index >= 15 is 0 Å². The van der Waals surface area contributed by atoms with Crippen LogP contribution in [0.2, 0.25) is 6.82 Å². The molecule has 0 bridgehead atoms. The average Bonchev–Trinajstić information content (AvgIpc) is 2.53. The Kier molecular flexibility index (Phi) is 19.0. The molecule has 5 heteroatoms. The smallest absolute Gasteiger partial charge is 0.253 e. The molecule has 0 saturated carbocycles. The van der Waals surface area contributed by atoms with Crippen molar-refractivity contribution in [3.63, 3.8) is 0 Å². The molecular formula is C10H18BNO2U. The number of amides is 2. The van der Waals surface area contributed by atoms with Gasteiger partial charge in [-0.1, -0.05) is 33.5 Å². The van der Waals surface area contributed by atoms with E-state index in [0.717, 1.165) is 4.90 Å². The maximum Gasteiger partial charge on any atom is 0.253 e. The molecule has 0 N–H and O–H groups in total. The Balaban J connectivity index is -0.000000179. The fraction of sp³-hybridized carbons (Fsp3) is 0.600. The van der Waals surface area contributed by atoms with Crippen LogP contribution < -0.4 is 0 Å². The van der Waals surface area contributed by atoms with E-state index in [0.29, 0.717) is 0 Å². The van der Waals surface area contributed by atoms with Crippen LogP contribution in [0.4, 0.5) is 0 Å². The van der Waals surface area contributed by atoms with Crippen molar-refractivity contribution < 1.29 is 40.7 Å². The first kappa shape index (κ1) is 20.4. The zero-order valence-corrected chi connectivity index (χ0v) is 14.1. The number of carbonyl (C=O) groups excluding carboxylic acids is 2. The van der Waals surface area contributed by atoms with Crippen LogP contribution in [0.15, 0.2) is 12.2 Å². The topological polar surface area (TPSA) is 37.4 Å². The van der Waals surface area contributed by atoms with Crippen LogP contribution in [-0.2, 0) is 9.59 Å². The normalized spacial score (nSPS) is 12.1. The van der Waals surface area contributed by atoms with Crippen LogP contribution in [0.5, 0.6) is 0 Å². The Hall–Kier alpha value is -0.00312. The summed E-state index contributed by atoms with van der Waals surface area (Å²) in [5.74, 6) is -0.481. The first-order valence-electron chi connectivity index (χ1n) is 4.70. The summed E-state index contributed by atoms with van der Waals surface area (Å²) in [5, 5.41) is 0. The third-order valence-corrected chi connectivity index (χ3v) is 1.53. The maximum absolute atomic E-state index is 10.4. The van der Waals surface area contributed by atoms with E-state index in [-0.39, 0.29) is 42.9 Å². The summed E-state index contributed by atoms with van der Waals surface area (Å²) in [7, 11) is 5.95. The van der Waals surface area contributed by atoms with Gasteiger partial charge < -0.3 is 0 Å². The van der Waals surface area contributed by atoms with Crippen molar-refractivity contribution in [2.24, 2.45) is 0 Å². The van der Waals surface area contributed by atoms with Crippen LogP contribution in [-0.4, -0.2) is 31.6 Å². The van der Waals surface area contributed by atoms with E-state index in [1.54, 1.807) is 0 Å². The van der Waals surface area contributed by atoms with Gasteiger partial charge in [0.15, 0.2) is 0 Å². The molecule has 2 amide bonds. The van der Waals surface area contributed by atoms with Gasteiger partial charge in [0.1, 0.15) is 0 Å². The standard InChI is InChI=1S/C5H5NO2.C4H10.CH3B.U/c1-6-4(7)2-3-5(6)8;1-3-4-2;1-2;/h2-3H,1H3;3-4H2,1-2H3;1H3;. The molecule has 2 radical (unpaired) electrons. The van der Waals surface area contributed by atoms with Crippen molar-refractivity contribution in [2.45, 2.75) is 33.5 Å². The predicted octanol–water partition coefficient (Wildman–Crippen LogP) is 1.55. The van der Waals surface area contributed by atoms with E-state index in [2.05, 4.69) is 21.7 Å². The molecule has 15 heavy (non-hydrogen) atoms. The van der Waals surface area contributed by atoms with Crippen LogP contribution in [0.3, 0.4) is 0 Å². The van der Waals surface area contributed by atoms with Crippen LogP contribution in [0, 0.1) is 31.1 Å². The van der Waals surface area contributed by atoms with Gasteiger partial charge in [0.25, 0.3) is 11.8 Å². The third kappa shape index (κ3) is 10.3. The Morgan fingerprint density at radius 3 is 1.40 bits per heavy atom. The van der Waals surface area contributed by atoms with Crippen molar-refractivity contribution in [3.8, 4) is 0 Å². The van der Waals surface area contributed by atoms with Gasteiger partial charge in [-0.3, -0.25) is 14.5 Å². The maximum atomic E-state index is 10.4. The second-order valence-corrected chi connectivity index (χ2v) is 2.57. The van der Waals surface area contributed by atoms with Gasteiger partial charge in [-0.15, -0.1) is 0 Å². The quantitative estimate of drug-likeness (QED) is 0.465. The van der Waals surface area contributed by atoms with E-state index in [1.807, 2.05) is 0 Å². The van der Waals surface area contributed by atoms with Gasteiger partial charge in [-0.2, -0.15) is 0 Å². The van der Waals surface area contributed by atoms with Gasteiger partial charge in [-0.05, 0) is 0 Å². The average molecular weight is 433 g/mol. The summed E-state index contributed by atoms with van der Waals surface area (Å²) in [6.07, 6.45) is 5.14. The fourth-order valence-electron chi connectivity index (χ4n) is 0.475. The Bertz CT molecular complexity index is 188. The van der Waals surface area contributed by atoms with Gasteiger partial charge >= 0.3 is 0 Å². The summed E-state index contributed by atoms with van der Waals surface area (Å²) in [4.78, 5) is 21.9. The molecule has 1 rings (SSSR count). The summed E-state index contributed by atoms with van der Waals surface area (Å²) < 4.78 is 0. The largest absolute Gasteiger partial charge is 0.279 e. The van der Waals surface area contributed by atoms with Crippen LogP contribution >= 0.6 is 0 Å². The molecule has 1 aliphatic heterocycles. The molecule has 0 aromatic rings. The predicted molar refractivity (Wildman–Crippen MR) is 59.1 cm³/mol. The Morgan fingerprint density at radius 1 is 1.07 bits per heavy atom. The van der Waals surface area contributed by atoms with Crippen molar-refractivity contribution in [1.29, 1.82) is 0 Å². The van der Waals surface area contributed by atoms with E-state index < -0.39 is 0 Å². The SMILES string of the molecule is CCCC.CN1C(=O)C=CC1=O.[B]C.[U]. The number of hydrogen-bond donors (Lipinski definition) is 0. The van der Waals surface area contributed by atoms with Crippen LogP contribution in [0.25, 0.3) is 0 Å². The molecule has 0 fully saturated rings. The molecule has 0 aliphatic carbocycles. The van der Waals surface area contributed by atoms with Gasteiger partial charge in [0.2, 0.25) is 0 Å². The molecule has 0 saturated heterocycles. The second-order valence-electron chi connectivity index (χ2n) is 2.57. The summed E-state index contributed by atoms with van der Waals surface area (Å²) in [5.41, 5.74) is 0. The third-order valence-electron chi connectivity index (χ3n) is 1.53. The molecular weight excluding hydrogens is 415 g/mol. The number of rotatable bonds is 1. The number of imide groups is 1. The molecule has 0 aromatic heterocycles. The Labute approximate surface area is 117 Å². The molecule has 0 unspecified atom stereocenters. The minimum absolute atomic E-state index is 0. The Morgan fingerprint density at radius 2 is 1.33 bits per heavy atom. The van der Waals surface area contributed by atoms with Crippen molar-refractivity contribution in [3.05, 3.63) is 12.2 Å². The van der Waals surface area contributed by atoms with Crippen molar-refractivity contribution >= 4 is 19.7 Å². The number of unbranched alkanes of at least 4 members (excludes halogenated alkanes) is 1. The molecule has 0 spiro atoms. The van der Waals surface area contributed by atoms with Crippen molar-refractivity contribution in [1.82, 2.24) is 4.90 Å². The molecule has 0 atom stereocenters. The fourth-order valence-corrected chi connectivity index (χ4v) is 0.475. The summed E-state index contributed by atoms with van der Waals surface area (Å²) >= 11 is 0. The zero-order chi connectivity index (χ0) is 11.6. The van der Waals surface area contributed by atoms with Gasteiger partial charge in [0.05, 0.1) is 7.85 Å². The van der Waals surface area contributed by atoms with E-state index in [4.69, 9.17) is 0 Å². The van der Waals surface area contributed by atoms with Gasteiger partial charge in [0, 0.05) is 50.3 Å².